The van der Waals surface area contributed by atoms with E-state index in [9.17, 15) is 9.59 Å². The molecule has 8 heteroatoms. The van der Waals surface area contributed by atoms with Gasteiger partial charge in [0.25, 0.3) is 5.91 Å². The van der Waals surface area contributed by atoms with Gasteiger partial charge in [-0.2, -0.15) is 0 Å². The van der Waals surface area contributed by atoms with E-state index >= 15 is 0 Å². The van der Waals surface area contributed by atoms with Crippen LogP contribution in [0.3, 0.4) is 0 Å². The van der Waals surface area contributed by atoms with Crippen LogP contribution in [0, 0.1) is 6.92 Å². The van der Waals surface area contributed by atoms with Crippen molar-refractivity contribution in [2.24, 2.45) is 0 Å². The maximum absolute atomic E-state index is 12.2. The van der Waals surface area contributed by atoms with Crippen LogP contribution in [0.5, 0.6) is 0 Å². The minimum Gasteiger partial charge on any atom is -0.459 e. The molecule has 0 aliphatic rings. The first-order valence-corrected chi connectivity index (χ1v) is 9.62. The van der Waals surface area contributed by atoms with Crippen LogP contribution in [-0.2, 0) is 4.79 Å². The Kier molecular flexibility index (Phi) is 5.75. The summed E-state index contributed by atoms with van der Waals surface area (Å²) >= 11 is 2.84. The highest BCUT2D eigenvalue weighted by Gasteiger charge is 2.16. The zero-order chi connectivity index (χ0) is 18.5. The maximum atomic E-state index is 12.2. The van der Waals surface area contributed by atoms with Crippen LogP contribution in [0.4, 0.5) is 10.8 Å². The number of benzene rings is 1. The van der Waals surface area contributed by atoms with E-state index in [-0.39, 0.29) is 22.8 Å². The third-order valence-electron chi connectivity index (χ3n) is 3.39. The Hall–Kier alpha value is -2.58. The molecule has 0 aliphatic carbocycles. The summed E-state index contributed by atoms with van der Waals surface area (Å²) in [4.78, 5) is 29.3. The number of furan rings is 1. The number of carbonyl (C=O) groups is 2. The van der Waals surface area contributed by atoms with Gasteiger partial charge in [0.15, 0.2) is 10.9 Å². The van der Waals surface area contributed by atoms with E-state index < -0.39 is 0 Å². The lowest BCUT2D eigenvalue weighted by atomic mass is 10.3. The first-order valence-electron chi connectivity index (χ1n) is 7.86. The van der Waals surface area contributed by atoms with Gasteiger partial charge in [0.05, 0.1) is 17.2 Å². The standard InChI is InChI=1S/C18H17N3O3S2/c1-11-10-25-18(19-11)21-16(22)12(2)26-14-7-5-13(6-8-14)20-17(23)15-4-3-9-24-15/h3-10,12H,1-2H3,(H,20,23)(H,19,21,22). The number of hydrogen-bond donors (Lipinski definition) is 2. The molecule has 2 heterocycles. The van der Waals surface area contributed by atoms with Crippen LogP contribution in [0.25, 0.3) is 0 Å². The zero-order valence-corrected chi connectivity index (χ0v) is 15.8. The SMILES string of the molecule is Cc1csc(NC(=O)C(C)Sc2ccc(NC(=O)c3ccco3)cc2)n1. The molecule has 26 heavy (non-hydrogen) atoms. The van der Waals surface area contributed by atoms with E-state index in [1.54, 1.807) is 24.3 Å². The Morgan fingerprint density at radius 1 is 1.19 bits per heavy atom. The number of thiazole rings is 1. The molecular formula is C18H17N3O3S2. The Bertz CT molecular complexity index is 889. The molecule has 0 aliphatic heterocycles. The lowest BCUT2D eigenvalue weighted by molar-refractivity contribution is -0.115. The molecule has 1 atom stereocenters. The fraction of sp³-hybridized carbons (Fsp3) is 0.167. The number of nitrogens with one attached hydrogen (secondary N) is 2. The molecule has 0 fully saturated rings. The number of thioether (sulfide) groups is 1. The molecule has 1 unspecified atom stereocenters. The highest BCUT2D eigenvalue weighted by Crippen LogP contribution is 2.26. The number of anilines is 2. The second-order valence-corrected chi connectivity index (χ2v) is 7.77. The van der Waals surface area contributed by atoms with Gasteiger partial charge in [0, 0.05) is 16.0 Å². The van der Waals surface area contributed by atoms with Gasteiger partial charge in [-0.15, -0.1) is 23.1 Å². The third-order valence-corrected chi connectivity index (χ3v) is 5.38. The number of hydrogen-bond acceptors (Lipinski definition) is 6. The van der Waals surface area contributed by atoms with Crippen LogP contribution < -0.4 is 10.6 Å². The van der Waals surface area contributed by atoms with E-state index in [0.29, 0.717) is 10.8 Å². The molecule has 0 saturated carbocycles. The van der Waals surface area contributed by atoms with Crippen LogP contribution >= 0.6 is 23.1 Å². The fourth-order valence-electron chi connectivity index (χ4n) is 2.09. The summed E-state index contributed by atoms with van der Waals surface area (Å²) in [5.41, 5.74) is 1.55. The van der Waals surface area contributed by atoms with E-state index in [2.05, 4.69) is 15.6 Å². The maximum Gasteiger partial charge on any atom is 0.291 e. The monoisotopic (exact) mass is 387 g/mol. The van der Waals surface area contributed by atoms with Crippen molar-refractivity contribution in [3.63, 3.8) is 0 Å². The molecule has 0 saturated heterocycles. The van der Waals surface area contributed by atoms with Crippen molar-refractivity contribution >= 4 is 45.7 Å². The van der Waals surface area contributed by atoms with E-state index in [1.807, 2.05) is 31.4 Å². The smallest absolute Gasteiger partial charge is 0.291 e. The molecule has 134 valence electrons. The number of nitrogens with zero attached hydrogens (tertiary/aromatic N) is 1. The summed E-state index contributed by atoms with van der Waals surface area (Å²) in [6, 6.07) is 10.6. The third kappa shape index (κ3) is 4.74. The quantitative estimate of drug-likeness (QED) is 0.612. The second kappa shape index (κ2) is 8.20. The average Bonchev–Trinajstić information content (AvgIpc) is 3.28. The molecule has 3 aromatic rings. The summed E-state index contributed by atoms with van der Waals surface area (Å²) in [7, 11) is 0. The highest BCUT2D eigenvalue weighted by molar-refractivity contribution is 8.00. The normalized spacial score (nSPS) is 11.8. The largest absolute Gasteiger partial charge is 0.459 e. The van der Waals surface area contributed by atoms with Crippen molar-refractivity contribution in [1.82, 2.24) is 4.98 Å². The van der Waals surface area contributed by atoms with Crippen molar-refractivity contribution in [1.29, 1.82) is 0 Å². The number of amides is 2. The summed E-state index contributed by atoms with van der Waals surface area (Å²) in [5.74, 6) is -0.146. The molecule has 0 radical (unpaired) electrons. The fourth-order valence-corrected chi connectivity index (χ4v) is 3.65. The molecule has 2 amide bonds. The number of aromatic nitrogens is 1. The molecule has 0 bridgehead atoms. The Balaban J connectivity index is 1.54. The topological polar surface area (TPSA) is 84.2 Å². The Labute approximate surface area is 159 Å². The van der Waals surface area contributed by atoms with Gasteiger partial charge in [0.1, 0.15) is 0 Å². The lowest BCUT2D eigenvalue weighted by Crippen LogP contribution is -2.22. The Morgan fingerprint density at radius 3 is 2.58 bits per heavy atom. The average molecular weight is 387 g/mol. The summed E-state index contributed by atoms with van der Waals surface area (Å²) in [5, 5.41) is 7.79. The van der Waals surface area contributed by atoms with Crippen LogP contribution in [-0.4, -0.2) is 22.0 Å². The molecule has 2 aromatic heterocycles. The van der Waals surface area contributed by atoms with Crippen molar-refractivity contribution in [3.05, 3.63) is 59.5 Å². The van der Waals surface area contributed by atoms with Crippen LogP contribution in [0.1, 0.15) is 23.2 Å². The van der Waals surface area contributed by atoms with E-state index in [0.717, 1.165) is 10.6 Å². The molecular weight excluding hydrogens is 370 g/mol. The highest BCUT2D eigenvalue weighted by atomic mass is 32.2. The van der Waals surface area contributed by atoms with Crippen LogP contribution in [0.2, 0.25) is 0 Å². The molecule has 6 nitrogen and oxygen atoms in total. The number of aryl methyl sites for hydroxylation is 1. The summed E-state index contributed by atoms with van der Waals surface area (Å²) in [6.07, 6.45) is 1.45. The van der Waals surface area contributed by atoms with Gasteiger partial charge in [-0.3, -0.25) is 9.59 Å². The predicted octanol–water partition coefficient (Wildman–Crippen LogP) is 4.42. The first kappa shape index (κ1) is 18.2. The second-order valence-electron chi connectivity index (χ2n) is 5.50. The van der Waals surface area contributed by atoms with Crippen molar-refractivity contribution in [2.75, 3.05) is 10.6 Å². The number of carbonyl (C=O) groups excluding carboxylic acids is 2. The van der Waals surface area contributed by atoms with Crippen molar-refractivity contribution < 1.29 is 14.0 Å². The minimum absolute atomic E-state index is 0.0976. The molecule has 3 rings (SSSR count). The first-order chi connectivity index (χ1) is 12.5. The predicted molar refractivity (Wildman–Crippen MR) is 104 cm³/mol. The van der Waals surface area contributed by atoms with Gasteiger partial charge < -0.3 is 15.1 Å². The minimum atomic E-state index is -0.304. The summed E-state index contributed by atoms with van der Waals surface area (Å²) < 4.78 is 5.06. The lowest BCUT2D eigenvalue weighted by Gasteiger charge is -2.11. The van der Waals surface area contributed by atoms with E-state index in [1.165, 1.54) is 29.4 Å². The molecule has 0 spiro atoms. The molecule has 1 aromatic carbocycles. The van der Waals surface area contributed by atoms with Gasteiger partial charge in [-0.05, 0) is 50.2 Å². The Morgan fingerprint density at radius 2 is 1.96 bits per heavy atom. The van der Waals surface area contributed by atoms with Gasteiger partial charge in [0.2, 0.25) is 5.91 Å². The van der Waals surface area contributed by atoms with Crippen molar-refractivity contribution in [2.45, 2.75) is 24.0 Å². The van der Waals surface area contributed by atoms with Gasteiger partial charge in [-0.1, -0.05) is 0 Å². The van der Waals surface area contributed by atoms with Gasteiger partial charge >= 0.3 is 0 Å². The number of rotatable bonds is 6. The van der Waals surface area contributed by atoms with Crippen LogP contribution in [0.15, 0.2) is 57.4 Å². The van der Waals surface area contributed by atoms with Gasteiger partial charge in [-0.25, -0.2) is 4.98 Å². The molecule has 2 N–H and O–H groups in total. The summed E-state index contributed by atoms with van der Waals surface area (Å²) in [6.45, 7) is 3.73. The zero-order valence-electron chi connectivity index (χ0n) is 14.2. The van der Waals surface area contributed by atoms with Crippen molar-refractivity contribution in [3.8, 4) is 0 Å². The van der Waals surface area contributed by atoms with E-state index in [4.69, 9.17) is 4.42 Å².